The maximum Gasteiger partial charge on any atom is 0.0634 e. The van der Waals surface area contributed by atoms with Crippen LogP contribution in [0.3, 0.4) is 0 Å². The predicted molar refractivity (Wildman–Crippen MR) is 66.9 cm³/mol. The summed E-state index contributed by atoms with van der Waals surface area (Å²) in [7, 11) is 0. The smallest absolute Gasteiger partial charge is 0.0634 e. The van der Waals surface area contributed by atoms with Gasteiger partial charge in [0.1, 0.15) is 0 Å². The molecule has 0 atom stereocenters. The van der Waals surface area contributed by atoms with E-state index < -0.39 is 0 Å². The molecule has 16 heavy (non-hydrogen) atoms. The third kappa shape index (κ3) is 2.34. The van der Waals surface area contributed by atoms with Crippen LogP contribution < -0.4 is 0 Å². The molecule has 1 aromatic heterocycles. The average Bonchev–Trinajstić information content (AvgIpc) is 2.29. The summed E-state index contributed by atoms with van der Waals surface area (Å²) in [4.78, 5) is 0. The highest BCUT2D eigenvalue weighted by Gasteiger charge is 2.05. The molecular formula is C12H10Cl2N2. The fourth-order valence-electron chi connectivity index (χ4n) is 1.45. The van der Waals surface area contributed by atoms with Gasteiger partial charge in [0.2, 0.25) is 0 Å². The summed E-state index contributed by atoms with van der Waals surface area (Å²) in [5, 5.41) is 9.22. The van der Waals surface area contributed by atoms with Crippen LogP contribution in [-0.2, 0) is 6.42 Å². The first-order valence-corrected chi connectivity index (χ1v) is 5.73. The monoisotopic (exact) mass is 252 g/mol. The van der Waals surface area contributed by atoms with Crippen LogP contribution in [0.4, 0.5) is 0 Å². The van der Waals surface area contributed by atoms with Crippen molar-refractivity contribution in [2.75, 3.05) is 0 Å². The molecule has 82 valence electrons. The highest BCUT2D eigenvalue weighted by molar-refractivity contribution is 6.36. The van der Waals surface area contributed by atoms with Crippen LogP contribution in [0.25, 0.3) is 11.1 Å². The van der Waals surface area contributed by atoms with E-state index in [9.17, 15) is 0 Å². The molecular weight excluding hydrogens is 243 g/mol. The lowest BCUT2D eigenvalue weighted by atomic mass is 10.1. The molecule has 0 radical (unpaired) electrons. The summed E-state index contributed by atoms with van der Waals surface area (Å²) in [6.45, 7) is 2.04. The zero-order valence-electron chi connectivity index (χ0n) is 8.74. The first-order valence-electron chi connectivity index (χ1n) is 4.97. The van der Waals surface area contributed by atoms with E-state index in [2.05, 4.69) is 10.2 Å². The lowest BCUT2D eigenvalue weighted by molar-refractivity contribution is 0.921. The van der Waals surface area contributed by atoms with Gasteiger partial charge in [0.05, 0.1) is 11.9 Å². The van der Waals surface area contributed by atoms with Crippen molar-refractivity contribution in [2.45, 2.75) is 13.3 Å². The Morgan fingerprint density at radius 1 is 1.19 bits per heavy atom. The molecule has 0 bridgehead atoms. The number of hydrogen-bond acceptors (Lipinski definition) is 2. The first kappa shape index (κ1) is 11.4. The Hall–Kier alpha value is -1.12. The third-order valence-corrected chi connectivity index (χ3v) is 2.86. The normalized spacial score (nSPS) is 10.4. The van der Waals surface area contributed by atoms with Crippen molar-refractivity contribution in [3.05, 3.63) is 46.2 Å². The molecule has 2 nitrogen and oxygen atoms in total. The molecule has 4 heteroatoms. The van der Waals surface area contributed by atoms with E-state index in [0.29, 0.717) is 10.0 Å². The highest BCUT2D eigenvalue weighted by atomic mass is 35.5. The Bertz CT molecular complexity index is 512. The number of nitrogens with zero attached hydrogens (tertiary/aromatic N) is 2. The van der Waals surface area contributed by atoms with Crippen LogP contribution in [0.15, 0.2) is 30.5 Å². The number of aromatic nitrogens is 2. The second-order valence-electron chi connectivity index (χ2n) is 3.41. The van der Waals surface area contributed by atoms with E-state index >= 15 is 0 Å². The van der Waals surface area contributed by atoms with Gasteiger partial charge in [-0.2, -0.15) is 10.2 Å². The Kier molecular flexibility index (Phi) is 3.42. The van der Waals surface area contributed by atoms with Crippen molar-refractivity contribution in [1.29, 1.82) is 0 Å². The highest BCUT2D eigenvalue weighted by Crippen LogP contribution is 2.29. The van der Waals surface area contributed by atoms with Crippen molar-refractivity contribution >= 4 is 23.2 Å². The van der Waals surface area contributed by atoms with Gasteiger partial charge in [-0.05, 0) is 24.6 Å². The van der Waals surface area contributed by atoms with Gasteiger partial charge in [0.15, 0.2) is 0 Å². The van der Waals surface area contributed by atoms with Crippen LogP contribution in [0.5, 0.6) is 0 Å². The zero-order chi connectivity index (χ0) is 11.5. The van der Waals surface area contributed by atoms with Gasteiger partial charge in [-0.1, -0.05) is 36.2 Å². The third-order valence-electron chi connectivity index (χ3n) is 2.31. The summed E-state index contributed by atoms with van der Waals surface area (Å²) < 4.78 is 0. The number of halogens is 2. The SMILES string of the molecule is CCc1cc(-c2ccc(Cl)cc2Cl)cnn1. The first-order chi connectivity index (χ1) is 7.70. The van der Waals surface area contributed by atoms with E-state index in [1.807, 2.05) is 25.1 Å². The molecule has 0 amide bonds. The van der Waals surface area contributed by atoms with Gasteiger partial charge in [-0.25, -0.2) is 0 Å². The number of aryl methyl sites for hydroxylation is 1. The van der Waals surface area contributed by atoms with Crippen LogP contribution in [0.2, 0.25) is 10.0 Å². The minimum atomic E-state index is 0.627. The van der Waals surface area contributed by atoms with Crippen molar-refractivity contribution in [3.63, 3.8) is 0 Å². The lowest BCUT2D eigenvalue weighted by Gasteiger charge is -2.05. The maximum absolute atomic E-state index is 6.13. The Morgan fingerprint density at radius 3 is 2.69 bits per heavy atom. The van der Waals surface area contributed by atoms with Crippen LogP contribution in [-0.4, -0.2) is 10.2 Å². The molecule has 0 N–H and O–H groups in total. The van der Waals surface area contributed by atoms with Crippen LogP contribution in [0.1, 0.15) is 12.6 Å². The van der Waals surface area contributed by atoms with Gasteiger partial charge in [-0.15, -0.1) is 0 Å². The van der Waals surface area contributed by atoms with Crippen molar-refractivity contribution in [3.8, 4) is 11.1 Å². The number of hydrogen-bond donors (Lipinski definition) is 0. The summed E-state index contributed by atoms with van der Waals surface area (Å²) in [5.41, 5.74) is 2.84. The van der Waals surface area contributed by atoms with Crippen LogP contribution in [0, 0.1) is 0 Å². The fourth-order valence-corrected chi connectivity index (χ4v) is 1.97. The van der Waals surface area contributed by atoms with Gasteiger partial charge < -0.3 is 0 Å². The molecule has 0 spiro atoms. The summed E-state index contributed by atoms with van der Waals surface area (Å²) in [6, 6.07) is 7.42. The van der Waals surface area contributed by atoms with Crippen molar-refractivity contribution in [1.82, 2.24) is 10.2 Å². The predicted octanol–water partition coefficient (Wildman–Crippen LogP) is 4.01. The Morgan fingerprint density at radius 2 is 2.00 bits per heavy atom. The molecule has 0 unspecified atom stereocenters. The van der Waals surface area contributed by atoms with Crippen molar-refractivity contribution < 1.29 is 0 Å². The minimum absolute atomic E-state index is 0.627. The topological polar surface area (TPSA) is 25.8 Å². The molecule has 0 fully saturated rings. The largest absolute Gasteiger partial charge is 0.158 e. The van der Waals surface area contributed by atoms with Gasteiger partial charge in [0.25, 0.3) is 0 Å². The van der Waals surface area contributed by atoms with Gasteiger partial charge in [-0.3, -0.25) is 0 Å². The van der Waals surface area contributed by atoms with E-state index in [4.69, 9.17) is 23.2 Å². The molecule has 0 aliphatic heterocycles. The Labute approximate surface area is 104 Å². The van der Waals surface area contributed by atoms with Gasteiger partial charge >= 0.3 is 0 Å². The summed E-state index contributed by atoms with van der Waals surface area (Å²) >= 11 is 12.0. The van der Waals surface area contributed by atoms with Crippen LogP contribution >= 0.6 is 23.2 Å². The molecule has 2 aromatic rings. The standard InChI is InChI=1S/C12H10Cl2N2/c1-2-10-5-8(7-15-16-10)11-4-3-9(13)6-12(11)14/h3-7H,2H2,1H3. The molecule has 0 aliphatic rings. The van der Waals surface area contributed by atoms with E-state index in [-0.39, 0.29) is 0 Å². The van der Waals surface area contributed by atoms with Crippen molar-refractivity contribution in [2.24, 2.45) is 0 Å². The lowest BCUT2D eigenvalue weighted by Crippen LogP contribution is -1.91. The van der Waals surface area contributed by atoms with E-state index in [0.717, 1.165) is 23.2 Å². The summed E-state index contributed by atoms with van der Waals surface area (Å²) in [6.07, 6.45) is 2.56. The van der Waals surface area contributed by atoms with Gasteiger partial charge in [0, 0.05) is 21.2 Å². The minimum Gasteiger partial charge on any atom is -0.158 e. The second-order valence-corrected chi connectivity index (χ2v) is 4.26. The molecule has 0 aliphatic carbocycles. The van der Waals surface area contributed by atoms with E-state index in [1.165, 1.54) is 0 Å². The quantitative estimate of drug-likeness (QED) is 0.807. The fraction of sp³-hybridized carbons (Fsp3) is 0.167. The number of rotatable bonds is 2. The summed E-state index contributed by atoms with van der Waals surface area (Å²) in [5.74, 6) is 0. The zero-order valence-corrected chi connectivity index (χ0v) is 10.3. The molecule has 1 heterocycles. The second kappa shape index (κ2) is 4.81. The molecule has 1 aromatic carbocycles. The maximum atomic E-state index is 6.13. The molecule has 2 rings (SSSR count). The number of benzene rings is 1. The average molecular weight is 253 g/mol. The Balaban J connectivity index is 2.49. The molecule has 0 saturated heterocycles. The van der Waals surface area contributed by atoms with E-state index in [1.54, 1.807) is 12.3 Å². The molecule has 0 saturated carbocycles.